The van der Waals surface area contributed by atoms with Gasteiger partial charge in [0.1, 0.15) is 5.75 Å². The van der Waals surface area contributed by atoms with E-state index in [0.29, 0.717) is 5.92 Å². The number of carbonyl (C=O) groups is 1. The molecule has 4 nitrogen and oxygen atoms in total. The van der Waals surface area contributed by atoms with E-state index in [1.165, 1.54) is 22.3 Å². The van der Waals surface area contributed by atoms with Crippen LogP contribution in [0.4, 0.5) is 0 Å². The van der Waals surface area contributed by atoms with E-state index in [1.807, 2.05) is 36.4 Å². The third kappa shape index (κ3) is 3.79. The summed E-state index contributed by atoms with van der Waals surface area (Å²) < 4.78 is 5.59. The summed E-state index contributed by atoms with van der Waals surface area (Å²) in [6.45, 7) is 3.03. The normalized spacial score (nSPS) is 23.4. The van der Waals surface area contributed by atoms with Crippen LogP contribution in [-0.2, 0) is 10.2 Å². The molecule has 3 aliphatic rings. The third-order valence-corrected chi connectivity index (χ3v) is 8.11. The number of rotatable bonds is 6. The largest absolute Gasteiger partial charge is 0.484 e. The van der Waals surface area contributed by atoms with Crippen LogP contribution in [0.3, 0.4) is 0 Å². The highest BCUT2D eigenvalue weighted by atomic mass is 35.5. The van der Waals surface area contributed by atoms with Gasteiger partial charge in [-0.3, -0.25) is 4.79 Å². The van der Waals surface area contributed by atoms with E-state index in [-0.39, 0.29) is 24.0 Å². The number of hydrogen-bond donors (Lipinski definition) is 1. The first-order chi connectivity index (χ1) is 16.6. The molecule has 5 heteroatoms. The van der Waals surface area contributed by atoms with Gasteiger partial charge in [-0.15, -0.1) is 0 Å². The highest BCUT2D eigenvalue weighted by Crippen LogP contribution is 2.60. The Labute approximate surface area is 205 Å². The maximum absolute atomic E-state index is 12.4. The minimum Gasteiger partial charge on any atom is -0.484 e. The van der Waals surface area contributed by atoms with Gasteiger partial charge in [0.15, 0.2) is 6.61 Å². The number of nitrogens with one attached hydrogen (secondary N) is 1. The zero-order valence-corrected chi connectivity index (χ0v) is 19.9. The van der Waals surface area contributed by atoms with Crippen molar-refractivity contribution < 1.29 is 9.53 Å². The second kappa shape index (κ2) is 8.75. The molecule has 174 valence electrons. The Bertz CT molecular complexity index is 1210. The molecular weight excluding hydrogens is 444 g/mol. The number of nitrogens with zero attached hydrogens (tertiary/aromatic N) is 1. The predicted molar refractivity (Wildman–Crippen MR) is 135 cm³/mol. The van der Waals surface area contributed by atoms with Crippen molar-refractivity contribution in [2.45, 2.75) is 36.6 Å². The van der Waals surface area contributed by atoms with Crippen LogP contribution in [0.15, 0.2) is 72.8 Å². The lowest BCUT2D eigenvalue weighted by molar-refractivity contribution is -0.124. The number of para-hydroxylation sites is 1. The van der Waals surface area contributed by atoms with E-state index in [4.69, 9.17) is 16.3 Å². The minimum atomic E-state index is -0.0483. The average Bonchev–Trinajstić information content (AvgIpc) is 3.36. The van der Waals surface area contributed by atoms with Crippen LogP contribution >= 0.6 is 11.6 Å². The lowest BCUT2D eigenvalue weighted by Crippen LogP contribution is -2.49. The zero-order valence-electron chi connectivity index (χ0n) is 19.2. The van der Waals surface area contributed by atoms with E-state index in [1.54, 1.807) is 0 Å². The molecule has 2 bridgehead atoms. The van der Waals surface area contributed by atoms with Crippen molar-refractivity contribution in [3.63, 3.8) is 0 Å². The van der Waals surface area contributed by atoms with E-state index in [9.17, 15) is 4.79 Å². The lowest BCUT2D eigenvalue weighted by atomic mass is 9.74. The van der Waals surface area contributed by atoms with Crippen molar-refractivity contribution in [2.24, 2.45) is 0 Å². The van der Waals surface area contributed by atoms with Gasteiger partial charge in [-0.05, 0) is 65.8 Å². The van der Waals surface area contributed by atoms with Gasteiger partial charge in [-0.25, -0.2) is 0 Å². The fourth-order valence-electron chi connectivity index (χ4n) is 6.37. The number of amides is 1. The summed E-state index contributed by atoms with van der Waals surface area (Å²) in [5, 5.41) is 3.99. The number of fused-ring (bicyclic) bond motifs is 8. The summed E-state index contributed by atoms with van der Waals surface area (Å²) in [5.41, 5.74) is 5.84. The van der Waals surface area contributed by atoms with E-state index in [0.717, 1.165) is 49.7 Å². The monoisotopic (exact) mass is 472 g/mol. The molecule has 2 unspecified atom stereocenters. The highest BCUT2D eigenvalue weighted by molar-refractivity contribution is 6.30. The van der Waals surface area contributed by atoms with Crippen LogP contribution in [0, 0.1) is 0 Å². The average molecular weight is 473 g/mol. The first-order valence-electron chi connectivity index (χ1n) is 12.2. The van der Waals surface area contributed by atoms with Crippen molar-refractivity contribution in [1.82, 2.24) is 10.2 Å². The van der Waals surface area contributed by atoms with Gasteiger partial charge < -0.3 is 15.0 Å². The number of likely N-dealkylation sites (tertiary alicyclic amines) is 1. The smallest absolute Gasteiger partial charge is 0.258 e. The van der Waals surface area contributed by atoms with Gasteiger partial charge >= 0.3 is 0 Å². The summed E-state index contributed by atoms with van der Waals surface area (Å²) in [7, 11) is 0. The molecule has 1 aliphatic heterocycles. The molecule has 1 N–H and O–H groups in total. The molecule has 3 aromatic rings. The number of benzene rings is 3. The number of carbonyl (C=O) groups excluding carboxylic acids is 1. The van der Waals surface area contributed by atoms with Crippen molar-refractivity contribution in [2.75, 3.05) is 26.2 Å². The molecule has 1 fully saturated rings. The maximum atomic E-state index is 12.4. The Balaban J connectivity index is 1.11. The Kier molecular flexibility index (Phi) is 5.59. The molecule has 6 rings (SSSR count). The van der Waals surface area contributed by atoms with Gasteiger partial charge in [0.2, 0.25) is 0 Å². The van der Waals surface area contributed by atoms with Gasteiger partial charge in [-0.1, -0.05) is 60.1 Å². The quantitative estimate of drug-likeness (QED) is 0.540. The Morgan fingerprint density at radius 1 is 0.971 bits per heavy atom. The molecule has 0 spiro atoms. The number of piperidine rings is 1. The van der Waals surface area contributed by atoms with Crippen molar-refractivity contribution in [3.8, 4) is 5.75 Å². The second-order valence-electron chi connectivity index (χ2n) is 9.88. The predicted octanol–water partition coefficient (Wildman–Crippen LogP) is 5.13. The van der Waals surface area contributed by atoms with E-state index in [2.05, 4.69) is 46.6 Å². The Morgan fingerprint density at radius 2 is 1.71 bits per heavy atom. The Hall–Kier alpha value is -2.82. The van der Waals surface area contributed by atoms with Crippen molar-refractivity contribution in [3.05, 3.63) is 100 Å². The standard InChI is InChI=1S/C29H29ClN2O2/c30-20-10-11-24-25-17-29(27(24)16-20,26-9-5-4-8-23(25)26)19-32-14-12-21(13-15-32)31-28(33)18-34-22-6-2-1-3-7-22/h1-11,16,21,25H,12-15,17-19H2,(H,31,33). The molecule has 0 radical (unpaired) electrons. The zero-order chi connectivity index (χ0) is 23.1. The molecule has 1 heterocycles. The van der Waals surface area contributed by atoms with Gasteiger partial charge in [0, 0.05) is 42.0 Å². The highest BCUT2D eigenvalue weighted by Gasteiger charge is 2.53. The van der Waals surface area contributed by atoms with Crippen LogP contribution in [0.5, 0.6) is 5.75 Å². The summed E-state index contributed by atoms with van der Waals surface area (Å²) in [6.07, 6.45) is 3.05. The summed E-state index contributed by atoms with van der Waals surface area (Å²) in [5.74, 6) is 1.15. The fourth-order valence-corrected chi connectivity index (χ4v) is 6.54. The molecule has 2 aliphatic carbocycles. The first-order valence-corrected chi connectivity index (χ1v) is 12.6. The molecule has 1 amide bonds. The van der Waals surface area contributed by atoms with Crippen LogP contribution in [-0.4, -0.2) is 43.1 Å². The molecule has 0 aromatic heterocycles. The summed E-state index contributed by atoms with van der Waals surface area (Å²) in [6, 6.07) is 25.1. The molecule has 2 atom stereocenters. The van der Waals surface area contributed by atoms with Gasteiger partial charge in [-0.2, -0.15) is 0 Å². The van der Waals surface area contributed by atoms with E-state index >= 15 is 0 Å². The van der Waals surface area contributed by atoms with Gasteiger partial charge in [0.05, 0.1) is 0 Å². The van der Waals surface area contributed by atoms with E-state index < -0.39 is 0 Å². The van der Waals surface area contributed by atoms with Gasteiger partial charge in [0.25, 0.3) is 5.91 Å². The topological polar surface area (TPSA) is 41.6 Å². The lowest BCUT2D eigenvalue weighted by Gasteiger charge is -2.40. The summed E-state index contributed by atoms with van der Waals surface area (Å²) in [4.78, 5) is 15.0. The second-order valence-corrected chi connectivity index (χ2v) is 10.3. The number of ether oxygens (including phenoxy) is 1. The van der Waals surface area contributed by atoms with Crippen LogP contribution in [0.25, 0.3) is 0 Å². The maximum Gasteiger partial charge on any atom is 0.258 e. The number of halogens is 1. The first kappa shape index (κ1) is 21.7. The SMILES string of the molecule is O=C(COc1ccccc1)NC1CCN(CC23CC(c4ccccc42)c2ccc(Cl)cc23)CC1. The van der Waals surface area contributed by atoms with Crippen LogP contribution < -0.4 is 10.1 Å². The molecular formula is C29H29ClN2O2. The summed E-state index contributed by atoms with van der Waals surface area (Å²) >= 11 is 6.46. The van der Waals surface area contributed by atoms with Crippen molar-refractivity contribution >= 4 is 17.5 Å². The van der Waals surface area contributed by atoms with Crippen LogP contribution in [0.2, 0.25) is 5.02 Å². The minimum absolute atomic E-state index is 0.0150. The molecule has 34 heavy (non-hydrogen) atoms. The van der Waals surface area contributed by atoms with Crippen molar-refractivity contribution in [1.29, 1.82) is 0 Å². The third-order valence-electron chi connectivity index (χ3n) is 7.87. The fraction of sp³-hybridized carbons (Fsp3) is 0.345. The molecule has 1 saturated heterocycles. The van der Waals surface area contributed by atoms with Crippen LogP contribution in [0.1, 0.15) is 47.4 Å². The molecule has 3 aromatic carbocycles. The Morgan fingerprint density at radius 3 is 2.53 bits per heavy atom. The number of hydrogen-bond acceptors (Lipinski definition) is 3. The molecule has 0 saturated carbocycles.